The van der Waals surface area contributed by atoms with E-state index < -0.39 is 0 Å². The predicted octanol–water partition coefficient (Wildman–Crippen LogP) is 2.20. The van der Waals surface area contributed by atoms with Crippen LogP contribution in [0.2, 0.25) is 0 Å². The Hall–Kier alpha value is -2.12. The van der Waals surface area contributed by atoms with Crippen molar-refractivity contribution >= 4 is 17.6 Å². The third kappa shape index (κ3) is 8.88. The van der Waals surface area contributed by atoms with E-state index in [1.54, 1.807) is 0 Å². The van der Waals surface area contributed by atoms with E-state index in [-0.39, 0.29) is 24.1 Å². The first kappa shape index (κ1) is 21.2. The Morgan fingerprint density at radius 1 is 1.19 bits per heavy atom. The fourth-order valence-electron chi connectivity index (χ4n) is 2.99. The molecule has 1 aliphatic heterocycles. The van der Waals surface area contributed by atoms with Crippen LogP contribution in [-0.4, -0.2) is 61.8 Å². The number of likely N-dealkylation sites (tertiary alicyclic amines) is 1. The van der Waals surface area contributed by atoms with Crippen LogP contribution in [0.5, 0.6) is 0 Å². The number of anilines is 1. The van der Waals surface area contributed by atoms with Gasteiger partial charge in [-0.2, -0.15) is 0 Å². The Kier molecular flexibility index (Phi) is 9.07. The normalized spacial score (nSPS) is 15.5. The Morgan fingerprint density at radius 3 is 2.56 bits per heavy atom. The van der Waals surface area contributed by atoms with Crippen LogP contribution in [0.4, 0.5) is 10.5 Å². The fraction of sp³-hybridized carbons (Fsp3) is 0.600. The van der Waals surface area contributed by atoms with E-state index in [1.807, 2.05) is 44.2 Å². The van der Waals surface area contributed by atoms with Gasteiger partial charge in [-0.25, -0.2) is 4.79 Å². The molecule has 0 bridgehead atoms. The summed E-state index contributed by atoms with van der Waals surface area (Å²) >= 11 is 0. The molecule has 3 amide bonds. The van der Waals surface area contributed by atoms with Crippen LogP contribution >= 0.6 is 0 Å². The quantitative estimate of drug-likeness (QED) is 0.577. The van der Waals surface area contributed by atoms with Crippen LogP contribution in [0.1, 0.15) is 33.1 Å². The second-order valence-corrected chi connectivity index (χ2v) is 7.14. The lowest BCUT2D eigenvalue weighted by Crippen LogP contribution is -2.49. The summed E-state index contributed by atoms with van der Waals surface area (Å²) in [6.45, 7) is 7.24. The second kappa shape index (κ2) is 11.6. The van der Waals surface area contributed by atoms with Gasteiger partial charge in [-0.15, -0.1) is 0 Å². The van der Waals surface area contributed by atoms with Crippen molar-refractivity contribution in [1.82, 2.24) is 15.5 Å². The number of benzene rings is 1. The van der Waals surface area contributed by atoms with E-state index in [2.05, 4.69) is 20.9 Å². The molecule has 0 spiro atoms. The molecule has 2 rings (SSSR count). The third-order valence-corrected chi connectivity index (χ3v) is 4.41. The highest BCUT2D eigenvalue weighted by Gasteiger charge is 2.22. The maximum absolute atomic E-state index is 12.1. The molecule has 0 radical (unpaired) electrons. The Morgan fingerprint density at radius 2 is 1.89 bits per heavy atom. The summed E-state index contributed by atoms with van der Waals surface area (Å²) < 4.78 is 5.44. The van der Waals surface area contributed by atoms with E-state index in [0.29, 0.717) is 19.7 Å². The number of carbonyl (C=O) groups excluding carboxylic acids is 2. The number of nitrogens with zero attached hydrogens (tertiary/aromatic N) is 1. The molecule has 7 heteroatoms. The number of amides is 3. The minimum atomic E-state index is -0.125. The molecule has 0 aliphatic carbocycles. The molecule has 3 N–H and O–H groups in total. The van der Waals surface area contributed by atoms with Crippen LogP contribution in [0.3, 0.4) is 0 Å². The summed E-state index contributed by atoms with van der Waals surface area (Å²) in [6.07, 6.45) is 2.73. The van der Waals surface area contributed by atoms with Gasteiger partial charge < -0.3 is 20.7 Å². The number of piperidine rings is 1. The van der Waals surface area contributed by atoms with Crippen molar-refractivity contribution in [3.8, 4) is 0 Å². The summed E-state index contributed by atoms with van der Waals surface area (Å²) in [5.41, 5.74) is 0.814. The first-order chi connectivity index (χ1) is 13.0. The molecule has 1 fully saturated rings. The zero-order valence-corrected chi connectivity index (χ0v) is 16.4. The number of hydrogen-bond acceptors (Lipinski definition) is 4. The number of para-hydroxylation sites is 1. The molecule has 1 heterocycles. The zero-order chi connectivity index (χ0) is 19.5. The van der Waals surface area contributed by atoms with Crippen molar-refractivity contribution in [2.45, 2.75) is 45.3 Å². The van der Waals surface area contributed by atoms with E-state index >= 15 is 0 Å². The van der Waals surface area contributed by atoms with Crippen LogP contribution < -0.4 is 16.0 Å². The van der Waals surface area contributed by atoms with Gasteiger partial charge in [0.05, 0.1) is 12.6 Å². The summed E-state index contributed by atoms with van der Waals surface area (Å²) in [7, 11) is 0. The molecule has 1 aromatic rings. The minimum absolute atomic E-state index is 0.00558. The molecule has 0 saturated carbocycles. The largest absolute Gasteiger partial charge is 0.379 e. The highest BCUT2D eigenvalue weighted by Crippen LogP contribution is 2.11. The Bertz CT molecular complexity index is 572. The lowest BCUT2D eigenvalue weighted by atomic mass is 10.1. The van der Waals surface area contributed by atoms with E-state index in [0.717, 1.165) is 38.0 Å². The molecular weight excluding hydrogens is 344 g/mol. The standard InChI is InChI=1S/C20H32N4O3/c1-16(2)27-14-6-11-21-20(26)23-18-9-12-24(13-10-18)15-19(25)22-17-7-4-3-5-8-17/h3-5,7-8,16,18H,6,9-15H2,1-2H3,(H,22,25)(H2,21,23,26). The fourth-order valence-corrected chi connectivity index (χ4v) is 2.99. The maximum atomic E-state index is 12.1. The van der Waals surface area contributed by atoms with Gasteiger partial charge >= 0.3 is 6.03 Å². The van der Waals surface area contributed by atoms with Gasteiger partial charge in [0, 0.05) is 38.0 Å². The summed E-state index contributed by atoms with van der Waals surface area (Å²) in [6, 6.07) is 9.50. The molecule has 0 unspecified atom stereocenters. The Labute approximate surface area is 161 Å². The Balaban J connectivity index is 1.56. The highest BCUT2D eigenvalue weighted by atomic mass is 16.5. The van der Waals surface area contributed by atoms with Gasteiger partial charge in [-0.3, -0.25) is 9.69 Å². The number of ether oxygens (including phenoxy) is 1. The first-order valence-electron chi connectivity index (χ1n) is 9.76. The van der Waals surface area contributed by atoms with Gasteiger partial charge in [-0.05, 0) is 45.2 Å². The van der Waals surface area contributed by atoms with Gasteiger partial charge in [-0.1, -0.05) is 18.2 Å². The average molecular weight is 377 g/mol. The smallest absolute Gasteiger partial charge is 0.315 e. The van der Waals surface area contributed by atoms with Gasteiger partial charge in [0.1, 0.15) is 0 Å². The van der Waals surface area contributed by atoms with E-state index in [4.69, 9.17) is 4.74 Å². The van der Waals surface area contributed by atoms with Crippen molar-refractivity contribution in [1.29, 1.82) is 0 Å². The summed E-state index contributed by atoms with van der Waals surface area (Å²) in [5, 5.41) is 8.78. The SMILES string of the molecule is CC(C)OCCCNC(=O)NC1CCN(CC(=O)Nc2ccccc2)CC1. The molecule has 7 nitrogen and oxygen atoms in total. The first-order valence-corrected chi connectivity index (χ1v) is 9.76. The van der Waals surface area contributed by atoms with E-state index in [9.17, 15) is 9.59 Å². The molecule has 0 atom stereocenters. The number of nitrogens with one attached hydrogen (secondary N) is 3. The topological polar surface area (TPSA) is 82.7 Å². The number of carbonyl (C=O) groups is 2. The second-order valence-electron chi connectivity index (χ2n) is 7.14. The monoisotopic (exact) mass is 376 g/mol. The molecule has 0 aromatic heterocycles. The van der Waals surface area contributed by atoms with Crippen molar-refractivity contribution in [3.63, 3.8) is 0 Å². The van der Waals surface area contributed by atoms with Crippen molar-refractivity contribution < 1.29 is 14.3 Å². The van der Waals surface area contributed by atoms with E-state index in [1.165, 1.54) is 0 Å². The van der Waals surface area contributed by atoms with Gasteiger partial charge in [0.2, 0.25) is 5.91 Å². The maximum Gasteiger partial charge on any atom is 0.315 e. The van der Waals surface area contributed by atoms with Crippen LogP contribution in [-0.2, 0) is 9.53 Å². The zero-order valence-electron chi connectivity index (χ0n) is 16.4. The van der Waals surface area contributed by atoms with Crippen molar-refractivity contribution in [2.75, 3.05) is 38.1 Å². The molecule has 150 valence electrons. The third-order valence-electron chi connectivity index (χ3n) is 4.41. The van der Waals surface area contributed by atoms with Gasteiger partial charge in [0.15, 0.2) is 0 Å². The molecule has 1 saturated heterocycles. The number of urea groups is 1. The predicted molar refractivity (Wildman–Crippen MR) is 107 cm³/mol. The van der Waals surface area contributed by atoms with Gasteiger partial charge in [0.25, 0.3) is 0 Å². The van der Waals surface area contributed by atoms with Crippen molar-refractivity contribution in [3.05, 3.63) is 30.3 Å². The lowest BCUT2D eigenvalue weighted by Gasteiger charge is -2.31. The lowest BCUT2D eigenvalue weighted by molar-refractivity contribution is -0.117. The minimum Gasteiger partial charge on any atom is -0.379 e. The number of hydrogen-bond donors (Lipinski definition) is 3. The average Bonchev–Trinajstić information content (AvgIpc) is 2.63. The highest BCUT2D eigenvalue weighted by molar-refractivity contribution is 5.92. The molecule has 27 heavy (non-hydrogen) atoms. The summed E-state index contributed by atoms with van der Waals surface area (Å²) in [5.74, 6) is -0.00558. The van der Waals surface area contributed by atoms with Crippen LogP contribution in [0.25, 0.3) is 0 Å². The number of rotatable bonds is 9. The molecule has 1 aromatic carbocycles. The molecule has 1 aliphatic rings. The summed E-state index contributed by atoms with van der Waals surface area (Å²) in [4.78, 5) is 26.2. The molecular formula is C20H32N4O3. The van der Waals surface area contributed by atoms with Crippen LogP contribution in [0.15, 0.2) is 30.3 Å². The van der Waals surface area contributed by atoms with Crippen LogP contribution in [0, 0.1) is 0 Å². The van der Waals surface area contributed by atoms with Crippen molar-refractivity contribution in [2.24, 2.45) is 0 Å².